The van der Waals surface area contributed by atoms with Crippen LogP contribution in [0.25, 0.3) is 91.1 Å². The number of anilines is 6. The molecule has 0 fully saturated rings. The van der Waals surface area contributed by atoms with E-state index in [9.17, 15) is 0 Å². The lowest BCUT2D eigenvalue weighted by atomic mass is 9.74. The first-order valence-corrected chi connectivity index (χ1v) is 28.7. The van der Waals surface area contributed by atoms with Crippen molar-refractivity contribution in [1.82, 2.24) is 0 Å². The molecule has 0 saturated carbocycles. The van der Waals surface area contributed by atoms with E-state index in [1.165, 1.54) is 33.4 Å². The standard InChI is InChI=1S/C82H60N2/c1-9-25-65(26-10-1)77-78(66-27-11-2-12-28-66)80(68-31-15-4-16-32-68)82(70-55-47-62(48-56-70)42-44-64-51-59-76(60-52-64)84(73-37-21-7-22-38-73)74-39-23-8-24-40-74)81(79(77)67-29-13-3-14-30-67)69-53-45-61(46-54-69)41-43-63-49-57-75(58-50-63)83(71-33-17-5-18-34-71)72-35-19-6-20-36-72/h1-60H/b43-41+,44-42+. The third kappa shape index (κ3) is 11.3. The van der Waals surface area contributed by atoms with Crippen LogP contribution in [0.15, 0.2) is 340 Å². The lowest BCUT2D eigenvalue weighted by Gasteiger charge is -2.29. The Bertz CT molecular complexity index is 3940. The molecule has 398 valence electrons. The average molecular weight is 1070 g/mol. The molecule has 0 atom stereocenters. The van der Waals surface area contributed by atoms with E-state index in [0.717, 1.165) is 89.8 Å². The van der Waals surface area contributed by atoms with Crippen LogP contribution in [0, 0.1) is 0 Å². The molecule has 0 aromatic heterocycles. The van der Waals surface area contributed by atoms with Gasteiger partial charge in [-0.15, -0.1) is 0 Å². The summed E-state index contributed by atoms with van der Waals surface area (Å²) in [6.45, 7) is 0. The molecule has 0 amide bonds. The van der Waals surface area contributed by atoms with Crippen molar-refractivity contribution in [3.8, 4) is 66.8 Å². The fourth-order valence-electron chi connectivity index (χ4n) is 11.5. The molecule has 13 aromatic rings. The van der Waals surface area contributed by atoms with Crippen molar-refractivity contribution in [2.45, 2.75) is 0 Å². The zero-order valence-electron chi connectivity index (χ0n) is 46.5. The first-order chi connectivity index (χ1) is 41.7. The summed E-state index contributed by atoms with van der Waals surface area (Å²) in [4.78, 5) is 4.59. The second-order valence-corrected chi connectivity index (χ2v) is 20.8. The lowest BCUT2D eigenvalue weighted by molar-refractivity contribution is 1.28. The van der Waals surface area contributed by atoms with Gasteiger partial charge in [0.2, 0.25) is 0 Å². The minimum atomic E-state index is 1.10. The monoisotopic (exact) mass is 1070 g/mol. The lowest BCUT2D eigenvalue weighted by Crippen LogP contribution is -2.09. The van der Waals surface area contributed by atoms with Crippen LogP contribution in [0.2, 0.25) is 0 Å². The number of rotatable bonds is 16. The Morgan fingerprint density at radius 1 is 0.143 bits per heavy atom. The van der Waals surface area contributed by atoms with Gasteiger partial charge in [0.1, 0.15) is 0 Å². The molecular weight excluding hydrogens is 1010 g/mol. The van der Waals surface area contributed by atoms with E-state index < -0.39 is 0 Å². The van der Waals surface area contributed by atoms with E-state index in [1.807, 2.05) is 0 Å². The normalized spacial score (nSPS) is 11.2. The maximum atomic E-state index is 2.32. The molecule has 0 spiro atoms. The Morgan fingerprint density at radius 2 is 0.298 bits per heavy atom. The molecule has 0 bridgehead atoms. The number of benzene rings is 13. The molecule has 2 heteroatoms. The van der Waals surface area contributed by atoms with Gasteiger partial charge in [-0.05, 0) is 162 Å². The van der Waals surface area contributed by atoms with Crippen molar-refractivity contribution in [2.24, 2.45) is 0 Å². The Kier molecular flexibility index (Phi) is 15.4. The van der Waals surface area contributed by atoms with Gasteiger partial charge in [0.05, 0.1) is 0 Å². The molecule has 0 aliphatic rings. The van der Waals surface area contributed by atoms with Gasteiger partial charge in [0, 0.05) is 34.1 Å². The van der Waals surface area contributed by atoms with E-state index in [2.05, 4.69) is 374 Å². The number of hydrogen-bond acceptors (Lipinski definition) is 2. The summed E-state index contributed by atoms with van der Waals surface area (Å²) in [6, 6.07) is 122. The summed E-state index contributed by atoms with van der Waals surface area (Å²) in [7, 11) is 0. The Morgan fingerprint density at radius 3 is 0.500 bits per heavy atom. The fraction of sp³-hybridized carbons (Fsp3) is 0. The largest absolute Gasteiger partial charge is 0.311 e. The smallest absolute Gasteiger partial charge is 0.0462 e. The first kappa shape index (κ1) is 52.3. The summed E-state index contributed by atoms with van der Waals surface area (Å²) < 4.78 is 0. The second kappa shape index (κ2) is 24.8. The van der Waals surface area contributed by atoms with Crippen molar-refractivity contribution in [1.29, 1.82) is 0 Å². The van der Waals surface area contributed by atoms with E-state index in [0.29, 0.717) is 0 Å². The summed E-state index contributed by atoms with van der Waals surface area (Å²) in [6.07, 6.45) is 8.86. The Hall–Kier alpha value is -11.1. The Labute approximate surface area is 494 Å². The SMILES string of the molecule is C(=C\c1ccc(N(c2ccccc2)c2ccccc2)cc1)/c1ccc(-c2c(-c3ccccc3)c(-c3ccccc3)c(-c3ccccc3)c(-c3ccccc3)c2-c2ccc(/C=C/c3ccc(N(c4ccccc4)c4ccccc4)cc3)cc2)cc1. The zero-order chi connectivity index (χ0) is 56.3. The molecule has 0 unspecified atom stereocenters. The highest BCUT2D eigenvalue weighted by Crippen LogP contribution is 2.56. The minimum absolute atomic E-state index is 1.10. The fourth-order valence-corrected chi connectivity index (χ4v) is 11.5. The van der Waals surface area contributed by atoms with Crippen LogP contribution in [0.5, 0.6) is 0 Å². The van der Waals surface area contributed by atoms with Gasteiger partial charge in [-0.1, -0.05) is 291 Å². The van der Waals surface area contributed by atoms with E-state index >= 15 is 0 Å². The third-order valence-electron chi connectivity index (χ3n) is 15.4. The van der Waals surface area contributed by atoms with Crippen LogP contribution in [0.4, 0.5) is 34.1 Å². The van der Waals surface area contributed by atoms with E-state index in [1.54, 1.807) is 0 Å². The van der Waals surface area contributed by atoms with Crippen LogP contribution < -0.4 is 9.80 Å². The molecule has 0 aliphatic carbocycles. The number of hydrogen-bond donors (Lipinski definition) is 0. The molecular formula is C82H60N2. The van der Waals surface area contributed by atoms with Crippen molar-refractivity contribution in [3.05, 3.63) is 362 Å². The summed E-state index contributed by atoms with van der Waals surface area (Å²) >= 11 is 0. The number of para-hydroxylation sites is 4. The molecule has 84 heavy (non-hydrogen) atoms. The van der Waals surface area contributed by atoms with Crippen LogP contribution in [0.3, 0.4) is 0 Å². The molecule has 2 nitrogen and oxygen atoms in total. The van der Waals surface area contributed by atoms with E-state index in [4.69, 9.17) is 0 Å². The van der Waals surface area contributed by atoms with E-state index in [-0.39, 0.29) is 0 Å². The molecule has 0 radical (unpaired) electrons. The topological polar surface area (TPSA) is 6.48 Å². The highest BCUT2D eigenvalue weighted by Gasteiger charge is 2.29. The second-order valence-electron chi connectivity index (χ2n) is 20.8. The van der Waals surface area contributed by atoms with Gasteiger partial charge >= 0.3 is 0 Å². The number of nitrogens with zero attached hydrogens (tertiary/aromatic N) is 2. The van der Waals surface area contributed by atoms with Gasteiger partial charge in [-0.25, -0.2) is 0 Å². The van der Waals surface area contributed by atoms with Gasteiger partial charge in [0.15, 0.2) is 0 Å². The minimum Gasteiger partial charge on any atom is -0.311 e. The summed E-state index contributed by atoms with van der Waals surface area (Å²) in [5, 5.41) is 0. The average Bonchev–Trinajstić information content (AvgIpc) is 1.99. The molecule has 0 saturated heterocycles. The van der Waals surface area contributed by atoms with Crippen molar-refractivity contribution in [2.75, 3.05) is 9.80 Å². The van der Waals surface area contributed by atoms with Crippen molar-refractivity contribution in [3.63, 3.8) is 0 Å². The third-order valence-corrected chi connectivity index (χ3v) is 15.4. The molecule has 13 aromatic carbocycles. The summed E-state index contributed by atoms with van der Waals surface area (Å²) in [5.74, 6) is 0. The quantitative estimate of drug-likeness (QED) is 0.0890. The molecule has 0 aliphatic heterocycles. The predicted molar refractivity (Wildman–Crippen MR) is 359 cm³/mol. The molecule has 0 N–H and O–H groups in total. The predicted octanol–water partition coefficient (Wildman–Crippen LogP) is 23.0. The first-order valence-electron chi connectivity index (χ1n) is 28.7. The van der Waals surface area contributed by atoms with Crippen molar-refractivity contribution < 1.29 is 0 Å². The molecule has 13 rings (SSSR count). The highest BCUT2D eigenvalue weighted by atomic mass is 15.1. The van der Waals surface area contributed by atoms with Gasteiger partial charge in [-0.2, -0.15) is 0 Å². The maximum Gasteiger partial charge on any atom is 0.0462 e. The van der Waals surface area contributed by atoms with Crippen molar-refractivity contribution >= 4 is 58.4 Å². The van der Waals surface area contributed by atoms with Gasteiger partial charge in [-0.3, -0.25) is 0 Å². The summed E-state index contributed by atoms with van der Waals surface area (Å²) in [5.41, 5.74) is 25.1. The van der Waals surface area contributed by atoms with Crippen LogP contribution in [-0.4, -0.2) is 0 Å². The maximum absolute atomic E-state index is 2.32. The van der Waals surface area contributed by atoms with Crippen LogP contribution in [-0.2, 0) is 0 Å². The highest BCUT2D eigenvalue weighted by molar-refractivity contribution is 6.15. The van der Waals surface area contributed by atoms with Gasteiger partial charge < -0.3 is 9.80 Å². The zero-order valence-corrected chi connectivity index (χ0v) is 46.5. The van der Waals surface area contributed by atoms with Gasteiger partial charge in [0.25, 0.3) is 0 Å². The van der Waals surface area contributed by atoms with Crippen LogP contribution >= 0.6 is 0 Å². The molecule has 0 heterocycles. The van der Waals surface area contributed by atoms with Crippen LogP contribution in [0.1, 0.15) is 22.3 Å². The Balaban J connectivity index is 0.926.